The van der Waals surface area contributed by atoms with Crippen LogP contribution in [-0.4, -0.2) is 29.9 Å². The molecule has 0 bridgehead atoms. The van der Waals surface area contributed by atoms with Gasteiger partial charge >= 0.3 is 0 Å². The molecule has 1 rings (SSSR count). The van der Waals surface area contributed by atoms with E-state index in [4.69, 9.17) is 5.73 Å². The van der Waals surface area contributed by atoms with Gasteiger partial charge in [-0.3, -0.25) is 9.59 Å². The van der Waals surface area contributed by atoms with Gasteiger partial charge in [0.2, 0.25) is 11.8 Å². The Labute approximate surface area is 116 Å². The Bertz CT molecular complexity index is 445. The molecule has 0 aliphatic rings. The van der Waals surface area contributed by atoms with E-state index in [0.29, 0.717) is 23.2 Å². The minimum Gasteiger partial charge on any atom is -0.375 e. The molecular weight excluding hydrogens is 264 g/mol. The summed E-state index contributed by atoms with van der Waals surface area (Å²) < 4.78 is 0. The van der Waals surface area contributed by atoms with Gasteiger partial charge in [-0.2, -0.15) is 0 Å². The molecule has 0 aromatic carbocycles. The summed E-state index contributed by atoms with van der Waals surface area (Å²) in [5.74, 6) is -0.0862. The average molecular weight is 284 g/mol. The number of hydrogen-bond donors (Lipinski definition) is 3. The molecule has 1 aromatic heterocycles. The minimum absolute atomic E-state index is 0.138. The Morgan fingerprint density at radius 2 is 2.16 bits per heavy atom. The number of likely N-dealkylation sites (N-methyl/N-ethyl adjacent to an activating group) is 1. The number of anilines is 1. The molecule has 0 fully saturated rings. The molecule has 0 aliphatic carbocycles. The van der Waals surface area contributed by atoms with Gasteiger partial charge in [0.1, 0.15) is 6.04 Å². The lowest BCUT2D eigenvalue weighted by molar-refractivity contribution is -0.128. The van der Waals surface area contributed by atoms with Gasteiger partial charge in [0, 0.05) is 12.4 Å². The fourth-order valence-electron chi connectivity index (χ4n) is 1.69. The molecule has 2 amide bonds. The lowest BCUT2D eigenvalue weighted by atomic mass is 10.0. The number of nitrogens with one attached hydrogen (secondary N) is 2. The van der Waals surface area contributed by atoms with Gasteiger partial charge in [-0.25, -0.2) is 4.98 Å². The molecule has 7 heteroatoms. The summed E-state index contributed by atoms with van der Waals surface area (Å²) in [6.45, 7) is 4.01. The molecule has 1 aromatic rings. The molecule has 4 N–H and O–H groups in total. The molecule has 6 nitrogen and oxygen atoms in total. The van der Waals surface area contributed by atoms with Crippen molar-refractivity contribution in [2.24, 2.45) is 5.92 Å². The number of nitrogen functional groups attached to an aromatic ring is 1. The van der Waals surface area contributed by atoms with E-state index in [1.54, 1.807) is 12.4 Å². The van der Waals surface area contributed by atoms with Gasteiger partial charge < -0.3 is 16.4 Å². The molecule has 0 radical (unpaired) electrons. The lowest BCUT2D eigenvalue weighted by Gasteiger charge is -2.18. The van der Waals surface area contributed by atoms with Crippen molar-refractivity contribution in [1.29, 1.82) is 0 Å². The highest BCUT2D eigenvalue weighted by Crippen LogP contribution is 2.11. The van der Waals surface area contributed by atoms with E-state index >= 15 is 0 Å². The van der Waals surface area contributed by atoms with Crippen LogP contribution in [0.3, 0.4) is 0 Å². The largest absolute Gasteiger partial charge is 0.375 e. The molecule has 19 heavy (non-hydrogen) atoms. The number of carbonyl (C=O) groups excluding carboxylic acids is 2. The number of nitrogens with two attached hydrogens (primary N) is 1. The molecular formula is C12H20N4O2S. The van der Waals surface area contributed by atoms with Gasteiger partial charge in [0.05, 0.1) is 12.1 Å². The number of rotatable bonds is 6. The molecule has 1 atom stereocenters. The van der Waals surface area contributed by atoms with E-state index in [1.807, 2.05) is 13.8 Å². The molecule has 0 spiro atoms. The SMILES string of the molecule is CNC(=O)C(CC(C)C)NC(=O)Cc1csc(N)n1. The second-order valence-corrected chi connectivity index (χ2v) is 5.61. The summed E-state index contributed by atoms with van der Waals surface area (Å²) in [4.78, 5) is 27.6. The van der Waals surface area contributed by atoms with Gasteiger partial charge in [-0.05, 0) is 12.3 Å². The third kappa shape index (κ3) is 5.25. The first-order valence-electron chi connectivity index (χ1n) is 6.13. The van der Waals surface area contributed by atoms with Crippen molar-refractivity contribution >= 4 is 28.3 Å². The van der Waals surface area contributed by atoms with Crippen molar-refractivity contribution in [1.82, 2.24) is 15.6 Å². The van der Waals surface area contributed by atoms with Crippen LogP contribution >= 0.6 is 11.3 Å². The minimum atomic E-state index is -0.506. The van der Waals surface area contributed by atoms with Crippen molar-refractivity contribution < 1.29 is 9.59 Å². The summed E-state index contributed by atoms with van der Waals surface area (Å²) in [5.41, 5.74) is 6.13. The summed E-state index contributed by atoms with van der Waals surface area (Å²) in [5, 5.41) is 7.47. The molecule has 106 valence electrons. The normalized spacial score (nSPS) is 12.2. The topological polar surface area (TPSA) is 97.1 Å². The van der Waals surface area contributed by atoms with Crippen molar-refractivity contribution in [3.63, 3.8) is 0 Å². The third-order valence-electron chi connectivity index (χ3n) is 2.52. The van der Waals surface area contributed by atoms with Gasteiger partial charge in [0.25, 0.3) is 0 Å². The maximum Gasteiger partial charge on any atom is 0.242 e. The predicted molar refractivity (Wildman–Crippen MR) is 75.7 cm³/mol. The van der Waals surface area contributed by atoms with Crippen LogP contribution in [-0.2, 0) is 16.0 Å². The fraction of sp³-hybridized carbons (Fsp3) is 0.583. The van der Waals surface area contributed by atoms with Crippen molar-refractivity contribution in [2.75, 3.05) is 12.8 Å². The zero-order valence-electron chi connectivity index (χ0n) is 11.4. The number of hydrogen-bond acceptors (Lipinski definition) is 5. The first-order valence-corrected chi connectivity index (χ1v) is 7.01. The molecule has 1 heterocycles. The second-order valence-electron chi connectivity index (χ2n) is 4.72. The Hall–Kier alpha value is -1.63. The van der Waals surface area contributed by atoms with Crippen LogP contribution < -0.4 is 16.4 Å². The summed E-state index contributed by atoms with van der Waals surface area (Å²) in [6, 6.07) is -0.506. The maximum absolute atomic E-state index is 11.9. The van der Waals surface area contributed by atoms with Crippen molar-refractivity contribution in [3.05, 3.63) is 11.1 Å². The number of aromatic nitrogens is 1. The van der Waals surface area contributed by atoms with Gasteiger partial charge in [-0.15, -0.1) is 11.3 Å². The predicted octanol–water partition coefficient (Wildman–Crippen LogP) is 0.545. The average Bonchev–Trinajstić information content (AvgIpc) is 2.72. The van der Waals surface area contributed by atoms with Gasteiger partial charge in [-0.1, -0.05) is 13.8 Å². The number of carbonyl (C=O) groups is 2. The van der Waals surface area contributed by atoms with Crippen LogP contribution in [0.4, 0.5) is 5.13 Å². The van der Waals surface area contributed by atoms with Crippen LogP contribution in [0, 0.1) is 5.92 Å². The summed E-state index contributed by atoms with van der Waals surface area (Å²) in [6.07, 6.45) is 0.740. The van der Waals surface area contributed by atoms with E-state index in [2.05, 4.69) is 15.6 Å². The highest BCUT2D eigenvalue weighted by Gasteiger charge is 2.21. The van der Waals surface area contributed by atoms with E-state index in [1.165, 1.54) is 11.3 Å². The number of nitrogens with zero attached hydrogens (tertiary/aromatic N) is 1. The van der Waals surface area contributed by atoms with Crippen LogP contribution in [0.5, 0.6) is 0 Å². The number of amides is 2. The van der Waals surface area contributed by atoms with Crippen LogP contribution in [0.25, 0.3) is 0 Å². The van der Waals surface area contributed by atoms with Gasteiger partial charge in [0.15, 0.2) is 5.13 Å². The van der Waals surface area contributed by atoms with E-state index in [9.17, 15) is 9.59 Å². The Morgan fingerprint density at radius 1 is 1.47 bits per heavy atom. The highest BCUT2D eigenvalue weighted by molar-refractivity contribution is 7.13. The number of thiazole rings is 1. The molecule has 1 unspecified atom stereocenters. The van der Waals surface area contributed by atoms with E-state index in [0.717, 1.165) is 0 Å². The zero-order chi connectivity index (χ0) is 14.4. The summed E-state index contributed by atoms with van der Waals surface area (Å²) >= 11 is 1.29. The van der Waals surface area contributed by atoms with E-state index < -0.39 is 6.04 Å². The smallest absolute Gasteiger partial charge is 0.242 e. The second kappa shape index (κ2) is 7.08. The first-order chi connectivity index (χ1) is 8.92. The van der Waals surface area contributed by atoms with Crippen LogP contribution in [0.2, 0.25) is 0 Å². The van der Waals surface area contributed by atoms with E-state index in [-0.39, 0.29) is 18.2 Å². The first kappa shape index (κ1) is 15.4. The molecule has 0 saturated carbocycles. The molecule has 0 saturated heterocycles. The quantitative estimate of drug-likeness (QED) is 0.710. The molecule has 0 aliphatic heterocycles. The van der Waals surface area contributed by atoms with Crippen molar-refractivity contribution in [2.45, 2.75) is 32.7 Å². The Balaban J connectivity index is 2.57. The Kier molecular flexibility index (Phi) is 5.75. The standard InChI is InChI=1S/C12H20N4O2S/c1-7(2)4-9(11(18)14-3)16-10(17)5-8-6-19-12(13)15-8/h6-7,9H,4-5H2,1-3H3,(H2,13,15)(H,14,18)(H,16,17). The van der Waals surface area contributed by atoms with Crippen LogP contribution in [0.1, 0.15) is 26.0 Å². The maximum atomic E-state index is 11.9. The third-order valence-corrected chi connectivity index (χ3v) is 3.24. The van der Waals surface area contributed by atoms with Crippen LogP contribution in [0.15, 0.2) is 5.38 Å². The monoisotopic (exact) mass is 284 g/mol. The Morgan fingerprint density at radius 3 is 2.63 bits per heavy atom. The summed E-state index contributed by atoms with van der Waals surface area (Å²) in [7, 11) is 1.56. The fourth-order valence-corrected chi connectivity index (χ4v) is 2.25. The zero-order valence-corrected chi connectivity index (χ0v) is 12.2. The lowest BCUT2D eigenvalue weighted by Crippen LogP contribution is -2.46. The highest BCUT2D eigenvalue weighted by atomic mass is 32.1. The van der Waals surface area contributed by atoms with Crippen molar-refractivity contribution in [3.8, 4) is 0 Å².